The molecule has 2 rings (SSSR count). The Balaban J connectivity index is 2.17. The molecule has 0 spiro atoms. The molecule has 0 saturated carbocycles. The lowest BCUT2D eigenvalue weighted by Gasteiger charge is -2.36. The minimum absolute atomic E-state index is 0.290. The van der Waals surface area contributed by atoms with E-state index in [0.717, 1.165) is 0 Å². The Hall–Kier alpha value is -2.25. The highest BCUT2D eigenvalue weighted by molar-refractivity contribution is 5.95. The molecule has 1 aromatic rings. The number of hydrogen-bond donors (Lipinski definition) is 0. The Labute approximate surface area is 133 Å². The molecule has 0 bridgehead atoms. The van der Waals surface area contributed by atoms with Crippen LogP contribution in [0.4, 0.5) is 0 Å². The van der Waals surface area contributed by atoms with E-state index in [0.29, 0.717) is 0 Å². The largest absolute Gasteiger partial charge is 0.452 e. The van der Waals surface area contributed by atoms with Gasteiger partial charge in [0.2, 0.25) is 18.2 Å². The second-order valence-corrected chi connectivity index (χ2v) is 5.07. The molecule has 0 unspecified atom stereocenters. The molecule has 0 aromatic heterocycles. The van der Waals surface area contributed by atoms with Gasteiger partial charge in [-0.15, -0.1) is 0 Å². The van der Waals surface area contributed by atoms with E-state index in [-0.39, 0.29) is 5.56 Å². The molecule has 124 valence electrons. The van der Waals surface area contributed by atoms with E-state index in [1.807, 2.05) is 0 Å². The van der Waals surface area contributed by atoms with Crippen LogP contribution in [0.2, 0.25) is 0 Å². The molecule has 0 amide bonds. The quantitative estimate of drug-likeness (QED) is 0.767. The van der Waals surface area contributed by atoms with Gasteiger partial charge in [-0.2, -0.15) is 0 Å². The topological polar surface area (TPSA) is 88.1 Å². The van der Waals surface area contributed by atoms with Crippen LogP contribution < -0.4 is 0 Å². The summed E-state index contributed by atoms with van der Waals surface area (Å²) in [5.74, 6) is -1.89. The summed E-state index contributed by atoms with van der Waals surface area (Å²) in [4.78, 5) is 35.8. The number of hydrogen-bond acceptors (Lipinski definition) is 7. The number of ether oxygens (including phenoxy) is 4. The van der Waals surface area contributed by atoms with E-state index in [4.69, 9.17) is 18.9 Å². The van der Waals surface area contributed by atoms with Crippen LogP contribution in [0.3, 0.4) is 0 Å². The molecular formula is C16H18O7. The first-order chi connectivity index (χ1) is 10.9. The van der Waals surface area contributed by atoms with Crippen molar-refractivity contribution in [3.63, 3.8) is 0 Å². The summed E-state index contributed by atoms with van der Waals surface area (Å²) in [6.07, 6.45) is -4.22. The van der Waals surface area contributed by atoms with E-state index in [2.05, 4.69) is 0 Å². The monoisotopic (exact) mass is 322 g/mol. The van der Waals surface area contributed by atoms with Gasteiger partial charge in [0.15, 0.2) is 6.10 Å². The highest BCUT2D eigenvalue weighted by Gasteiger charge is 2.47. The number of carbonyl (C=O) groups is 3. The van der Waals surface area contributed by atoms with Gasteiger partial charge in [0, 0.05) is 14.0 Å². The van der Waals surface area contributed by atoms with Gasteiger partial charge in [-0.05, 0) is 19.1 Å². The molecule has 0 radical (unpaired) electrons. The first-order valence-corrected chi connectivity index (χ1v) is 7.09. The van der Waals surface area contributed by atoms with E-state index in [1.165, 1.54) is 14.0 Å². The van der Waals surface area contributed by atoms with Crippen molar-refractivity contribution < 1.29 is 33.3 Å². The maximum atomic E-state index is 12.5. The summed E-state index contributed by atoms with van der Waals surface area (Å²) >= 11 is 0. The molecule has 1 aliphatic heterocycles. The fourth-order valence-electron chi connectivity index (χ4n) is 2.26. The van der Waals surface area contributed by atoms with Crippen LogP contribution in [-0.2, 0) is 28.5 Å². The van der Waals surface area contributed by atoms with Crippen LogP contribution in [-0.4, -0.2) is 49.4 Å². The second kappa shape index (κ2) is 7.34. The van der Waals surface area contributed by atoms with Crippen molar-refractivity contribution in [1.29, 1.82) is 0 Å². The molecule has 1 aromatic carbocycles. The van der Waals surface area contributed by atoms with Crippen LogP contribution in [0, 0.1) is 0 Å². The van der Waals surface area contributed by atoms with Crippen molar-refractivity contribution in [3.05, 3.63) is 35.9 Å². The third-order valence-electron chi connectivity index (χ3n) is 3.35. The third-order valence-corrected chi connectivity index (χ3v) is 3.35. The Morgan fingerprint density at radius 1 is 1.09 bits per heavy atom. The normalized spacial score (nSPS) is 27.3. The fraction of sp³-hybridized carbons (Fsp3) is 0.438. The summed E-state index contributed by atoms with van der Waals surface area (Å²) in [6, 6.07) is 8.22. The van der Waals surface area contributed by atoms with Crippen molar-refractivity contribution in [2.24, 2.45) is 0 Å². The van der Waals surface area contributed by atoms with Gasteiger partial charge in [0.1, 0.15) is 6.10 Å². The molecule has 4 atom stereocenters. The molecular weight excluding hydrogens is 304 g/mol. The molecule has 1 saturated heterocycles. The number of benzene rings is 1. The Morgan fingerprint density at radius 3 is 2.30 bits per heavy atom. The number of Topliss-reactive ketones (excluding diaryl/α,β-unsaturated/α-hetero) is 1. The van der Waals surface area contributed by atoms with E-state index in [9.17, 15) is 14.4 Å². The summed E-state index contributed by atoms with van der Waals surface area (Å²) in [7, 11) is 1.33. The molecule has 1 aliphatic rings. The Morgan fingerprint density at radius 2 is 1.74 bits per heavy atom. The van der Waals surface area contributed by atoms with Gasteiger partial charge < -0.3 is 18.9 Å². The average molecular weight is 322 g/mol. The zero-order chi connectivity index (χ0) is 17.0. The van der Waals surface area contributed by atoms with Crippen LogP contribution in [0.1, 0.15) is 24.2 Å². The molecule has 1 heterocycles. The van der Waals surface area contributed by atoms with Crippen molar-refractivity contribution in [1.82, 2.24) is 0 Å². The maximum Gasteiger partial charge on any atom is 0.339 e. The molecule has 0 aliphatic carbocycles. The molecule has 23 heavy (non-hydrogen) atoms. The summed E-state index contributed by atoms with van der Waals surface area (Å²) in [5.41, 5.74) is 0.290. The van der Waals surface area contributed by atoms with Crippen molar-refractivity contribution in [2.45, 2.75) is 38.4 Å². The lowest BCUT2D eigenvalue weighted by atomic mass is 10.0. The Kier molecular flexibility index (Phi) is 5.46. The van der Waals surface area contributed by atoms with E-state index >= 15 is 0 Å². The number of methoxy groups -OCH3 is 1. The van der Waals surface area contributed by atoms with Gasteiger partial charge in [0.05, 0.1) is 5.56 Å². The summed E-state index contributed by atoms with van der Waals surface area (Å²) < 4.78 is 20.7. The first-order valence-electron chi connectivity index (χ1n) is 7.09. The van der Waals surface area contributed by atoms with E-state index in [1.54, 1.807) is 37.3 Å². The molecule has 0 N–H and O–H groups in total. The van der Waals surface area contributed by atoms with Gasteiger partial charge in [-0.25, -0.2) is 4.79 Å². The van der Waals surface area contributed by atoms with Crippen LogP contribution in [0.25, 0.3) is 0 Å². The summed E-state index contributed by atoms with van der Waals surface area (Å²) in [6.45, 7) is 2.76. The summed E-state index contributed by atoms with van der Waals surface area (Å²) in [5, 5.41) is 0. The number of esters is 2. The highest BCUT2D eigenvalue weighted by Crippen LogP contribution is 2.23. The molecule has 7 nitrogen and oxygen atoms in total. The van der Waals surface area contributed by atoms with Gasteiger partial charge >= 0.3 is 11.9 Å². The maximum absolute atomic E-state index is 12.5. The van der Waals surface area contributed by atoms with Crippen LogP contribution in [0.15, 0.2) is 30.3 Å². The minimum atomic E-state index is -1.31. The molecule has 1 fully saturated rings. The number of rotatable bonds is 4. The second-order valence-electron chi connectivity index (χ2n) is 5.07. The zero-order valence-electron chi connectivity index (χ0n) is 13.1. The Bertz CT molecular complexity index is 583. The van der Waals surface area contributed by atoms with Gasteiger partial charge in [-0.3, -0.25) is 9.59 Å². The predicted molar refractivity (Wildman–Crippen MR) is 77.6 cm³/mol. The van der Waals surface area contributed by atoms with Crippen molar-refractivity contribution in [2.75, 3.05) is 7.11 Å². The predicted octanol–water partition coefficient (Wildman–Crippen LogP) is 1.10. The smallest absolute Gasteiger partial charge is 0.339 e. The minimum Gasteiger partial charge on any atom is -0.452 e. The highest BCUT2D eigenvalue weighted by atomic mass is 16.7. The van der Waals surface area contributed by atoms with Crippen LogP contribution >= 0.6 is 0 Å². The van der Waals surface area contributed by atoms with Crippen LogP contribution in [0.5, 0.6) is 0 Å². The van der Waals surface area contributed by atoms with Gasteiger partial charge in [0.25, 0.3) is 0 Å². The van der Waals surface area contributed by atoms with E-state index < -0.39 is 42.3 Å². The third kappa shape index (κ3) is 3.94. The first kappa shape index (κ1) is 17.1. The SMILES string of the molecule is CO[C@@H]1O[C@@H](C)[C@@H](OC(C)=O)C(=O)[C@@H]1OC(=O)c1ccccc1. The molecule has 7 heteroatoms. The number of carbonyl (C=O) groups excluding carboxylic acids is 3. The van der Waals surface area contributed by atoms with Crippen molar-refractivity contribution in [3.8, 4) is 0 Å². The van der Waals surface area contributed by atoms with Crippen molar-refractivity contribution >= 4 is 17.7 Å². The lowest BCUT2D eigenvalue weighted by Crippen LogP contribution is -2.57. The number of ketones is 1. The standard InChI is InChI=1S/C16H18O7/c1-9-13(22-10(2)17)12(18)14(16(20-3)21-9)23-15(19)11-7-5-4-6-8-11/h4-9,13-14,16H,1-3H3/t9-,13+,14-,16+/m0/s1. The fourth-order valence-corrected chi connectivity index (χ4v) is 2.26. The van der Waals surface area contributed by atoms with Gasteiger partial charge in [-0.1, -0.05) is 18.2 Å². The average Bonchev–Trinajstić information content (AvgIpc) is 2.54. The lowest BCUT2D eigenvalue weighted by molar-refractivity contribution is -0.242. The zero-order valence-corrected chi connectivity index (χ0v) is 13.1.